The zero-order valence-electron chi connectivity index (χ0n) is 19.3. The van der Waals surface area contributed by atoms with Gasteiger partial charge in [0, 0.05) is 38.2 Å². The van der Waals surface area contributed by atoms with E-state index in [-0.39, 0.29) is 32.9 Å². The van der Waals surface area contributed by atoms with Crippen LogP contribution in [0.15, 0.2) is 60.7 Å². The molecule has 5 rings (SSSR count). The summed E-state index contributed by atoms with van der Waals surface area (Å²) in [5.74, 6) is -2.51. The molecule has 4 aromatic rings. The maximum atomic E-state index is 13.0. The highest BCUT2D eigenvalue weighted by Crippen LogP contribution is 2.65. The number of rotatable bonds is 5. The number of carbonyl (C=O) groups is 2. The standard InChI is InChI=1S/C26H15Cl5F3N3O2/c27-13-5-12(6-14(28)9-13)21-22(25(21,30)31)24(39)36-16-1-3-18(29)17(10-16)23(38)35-15-2-4-19-11(7-15)8-20(37-19)26(32,33)34/h1-10,21-22,37H,(H,35,38)(H,36,39)/t21-,22+/m0/s1. The van der Waals surface area contributed by atoms with Gasteiger partial charge in [0.05, 0.1) is 16.5 Å². The molecular weight excluding hydrogens is 621 g/mol. The highest BCUT2D eigenvalue weighted by molar-refractivity contribution is 6.53. The van der Waals surface area contributed by atoms with E-state index in [9.17, 15) is 22.8 Å². The van der Waals surface area contributed by atoms with Crippen LogP contribution in [0.5, 0.6) is 0 Å². The fraction of sp³-hybridized carbons (Fsp3) is 0.154. The predicted octanol–water partition coefficient (Wildman–Crippen LogP) is 8.93. The summed E-state index contributed by atoms with van der Waals surface area (Å²) in [4.78, 5) is 28.3. The molecule has 0 radical (unpaired) electrons. The monoisotopic (exact) mass is 633 g/mol. The zero-order valence-corrected chi connectivity index (χ0v) is 23.0. The second kappa shape index (κ2) is 10.1. The topological polar surface area (TPSA) is 74.0 Å². The van der Waals surface area contributed by atoms with Crippen molar-refractivity contribution >= 4 is 92.1 Å². The van der Waals surface area contributed by atoms with Crippen LogP contribution in [0.4, 0.5) is 24.5 Å². The summed E-state index contributed by atoms with van der Waals surface area (Å²) < 4.78 is 37.6. The van der Waals surface area contributed by atoms with Gasteiger partial charge in [0.25, 0.3) is 5.91 Å². The Kier molecular flexibility index (Phi) is 7.23. The van der Waals surface area contributed by atoms with Gasteiger partial charge in [-0.15, -0.1) is 23.2 Å². The van der Waals surface area contributed by atoms with Gasteiger partial charge >= 0.3 is 6.18 Å². The summed E-state index contributed by atoms with van der Waals surface area (Å²) in [7, 11) is 0. The summed E-state index contributed by atoms with van der Waals surface area (Å²) in [5, 5.41) is 6.40. The second-order valence-electron chi connectivity index (χ2n) is 8.95. The highest BCUT2D eigenvalue weighted by atomic mass is 35.5. The van der Waals surface area contributed by atoms with Gasteiger partial charge in [0.15, 0.2) is 0 Å². The number of H-pyrrole nitrogens is 1. The Morgan fingerprint density at radius 1 is 0.846 bits per heavy atom. The average molecular weight is 636 g/mol. The third kappa shape index (κ3) is 5.67. The fourth-order valence-electron chi connectivity index (χ4n) is 4.38. The van der Waals surface area contributed by atoms with E-state index < -0.39 is 39.9 Å². The Hall–Kier alpha value is -2.62. The number of benzene rings is 3. The molecule has 1 fully saturated rings. The summed E-state index contributed by atoms with van der Waals surface area (Å²) >= 11 is 31.2. The van der Waals surface area contributed by atoms with Crippen LogP contribution in [0.1, 0.15) is 27.5 Å². The second-order valence-corrected chi connectivity index (χ2v) is 11.7. The molecule has 1 aliphatic rings. The summed E-state index contributed by atoms with van der Waals surface area (Å²) in [6.07, 6.45) is -4.53. The van der Waals surface area contributed by atoms with Gasteiger partial charge < -0.3 is 15.6 Å². The Labute approximate surface area is 244 Å². The Bertz CT molecular complexity index is 1620. The number of alkyl halides is 5. The zero-order chi connectivity index (χ0) is 28.3. The molecule has 0 spiro atoms. The number of anilines is 2. The normalized spacial score (nSPS) is 18.2. The molecule has 5 nitrogen and oxygen atoms in total. The van der Waals surface area contributed by atoms with Gasteiger partial charge in [-0.3, -0.25) is 9.59 Å². The minimum Gasteiger partial charge on any atom is -0.351 e. The number of nitrogens with one attached hydrogen (secondary N) is 3. The van der Waals surface area contributed by atoms with Crippen molar-refractivity contribution in [2.75, 3.05) is 10.6 Å². The molecule has 3 N–H and O–H groups in total. The first-order valence-corrected chi connectivity index (χ1v) is 13.1. The van der Waals surface area contributed by atoms with E-state index >= 15 is 0 Å². The third-order valence-corrected chi connectivity index (χ3v) is 7.95. The minimum atomic E-state index is -4.53. The smallest absolute Gasteiger partial charge is 0.351 e. The van der Waals surface area contributed by atoms with Crippen molar-refractivity contribution < 1.29 is 22.8 Å². The van der Waals surface area contributed by atoms with Crippen LogP contribution in [-0.2, 0) is 11.0 Å². The van der Waals surface area contributed by atoms with Crippen LogP contribution in [0.25, 0.3) is 10.9 Å². The van der Waals surface area contributed by atoms with Gasteiger partial charge in [-0.05, 0) is 66.2 Å². The lowest BCUT2D eigenvalue weighted by Gasteiger charge is -2.10. The van der Waals surface area contributed by atoms with E-state index in [0.29, 0.717) is 15.6 Å². The number of carbonyl (C=O) groups excluding carboxylic acids is 2. The van der Waals surface area contributed by atoms with Crippen molar-refractivity contribution in [2.45, 2.75) is 16.4 Å². The first kappa shape index (κ1) is 27.9. The lowest BCUT2D eigenvalue weighted by molar-refractivity contribution is -0.140. The molecule has 2 atom stereocenters. The van der Waals surface area contributed by atoms with Crippen LogP contribution in [-0.4, -0.2) is 21.1 Å². The molecule has 1 aromatic heterocycles. The molecule has 39 heavy (non-hydrogen) atoms. The Morgan fingerprint density at radius 3 is 2.15 bits per heavy atom. The third-order valence-electron chi connectivity index (χ3n) is 6.24. The maximum Gasteiger partial charge on any atom is 0.431 e. The van der Waals surface area contributed by atoms with Gasteiger partial charge in [-0.2, -0.15) is 13.2 Å². The minimum absolute atomic E-state index is 0.0246. The van der Waals surface area contributed by atoms with Crippen molar-refractivity contribution in [2.24, 2.45) is 5.92 Å². The molecule has 13 heteroatoms. The number of aromatic amines is 1. The number of fused-ring (bicyclic) bond motifs is 1. The van der Waals surface area contributed by atoms with Crippen molar-refractivity contribution in [1.29, 1.82) is 0 Å². The van der Waals surface area contributed by atoms with E-state index in [1.807, 2.05) is 0 Å². The van der Waals surface area contributed by atoms with Crippen LogP contribution in [0.3, 0.4) is 0 Å². The summed E-state index contributed by atoms with van der Waals surface area (Å²) in [6.45, 7) is 0. The van der Waals surface area contributed by atoms with E-state index in [2.05, 4.69) is 15.6 Å². The van der Waals surface area contributed by atoms with Gasteiger partial charge in [0.1, 0.15) is 10.0 Å². The fourth-order valence-corrected chi connectivity index (χ4v) is 5.96. The Morgan fingerprint density at radius 2 is 1.49 bits per heavy atom. The largest absolute Gasteiger partial charge is 0.431 e. The van der Waals surface area contributed by atoms with E-state index in [1.54, 1.807) is 18.2 Å². The van der Waals surface area contributed by atoms with Gasteiger partial charge in [-0.25, -0.2) is 0 Å². The van der Waals surface area contributed by atoms with Crippen LogP contribution >= 0.6 is 58.0 Å². The number of aromatic nitrogens is 1. The number of halogens is 8. The molecule has 1 heterocycles. The van der Waals surface area contributed by atoms with Gasteiger partial charge in [0.2, 0.25) is 5.91 Å². The molecule has 0 saturated heterocycles. The first-order chi connectivity index (χ1) is 18.2. The van der Waals surface area contributed by atoms with Crippen molar-refractivity contribution in [3.8, 4) is 0 Å². The highest BCUT2D eigenvalue weighted by Gasteiger charge is 2.67. The van der Waals surface area contributed by atoms with E-state index in [0.717, 1.165) is 6.07 Å². The molecule has 0 aliphatic heterocycles. The van der Waals surface area contributed by atoms with Gasteiger partial charge in [-0.1, -0.05) is 34.8 Å². The molecule has 1 saturated carbocycles. The predicted molar refractivity (Wildman–Crippen MR) is 148 cm³/mol. The molecule has 2 amide bonds. The molecular formula is C26H15Cl5F3N3O2. The number of amides is 2. The van der Waals surface area contributed by atoms with Crippen molar-refractivity contribution in [3.05, 3.63) is 92.6 Å². The first-order valence-electron chi connectivity index (χ1n) is 11.2. The lowest BCUT2D eigenvalue weighted by atomic mass is 10.1. The summed E-state index contributed by atoms with van der Waals surface area (Å²) in [5.41, 5.74) is 0.496. The Balaban J connectivity index is 1.32. The lowest BCUT2D eigenvalue weighted by Crippen LogP contribution is -2.18. The van der Waals surface area contributed by atoms with Crippen LogP contribution < -0.4 is 10.6 Å². The SMILES string of the molecule is O=C(Nc1ccc2[nH]c(C(F)(F)F)cc2c1)c1cc(NC(=O)[C@H]2[C@H](c3cc(Cl)cc(Cl)c3)C2(Cl)Cl)ccc1Cl. The average Bonchev–Trinajstić information content (AvgIpc) is 3.17. The van der Waals surface area contributed by atoms with E-state index in [4.69, 9.17) is 58.0 Å². The van der Waals surface area contributed by atoms with Crippen LogP contribution in [0, 0.1) is 5.92 Å². The molecule has 0 unspecified atom stereocenters. The number of hydrogen-bond donors (Lipinski definition) is 3. The molecule has 3 aromatic carbocycles. The van der Waals surface area contributed by atoms with Crippen molar-refractivity contribution in [3.63, 3.8) is 0 Å². The molecule has 1 aliphatic carbocycles. The van der Waals surface area contributed by atoms with Crippen LogP contribution in [0.2, 0.25) is 15.1 Å². The number of hydrogen-bond acceptors (Lipinski definition) is 2. The quantitative estimate of drug-likeness (QED) is 0.192. The van der Waals surface area contributed by atoms with Crippen molar-refractivity contribution in [1.82, 2.24) is 4.98 Å². The molecule has 0 bridgehead atoms. The molecule has 202 valence electrons. The maximum absolute atomic E-state index is 13.0. The summed E-state index contributed by atoms with van der Waals surface area (Å²) in [6, 6.07) is 14.3. The van der Waals surface area contributed by atoms with E-state index in [1.165, 1.54) is 36.4 Å².